The Balaban J connectivity index is 3.39. The Hall–Kier alpha value is -1.56. The van der Waals surface area contributed by atoms with Gasteiger partial charge in [-0.3, -0.25) is 0 Å². The van der Waals surface area contributed by atoms with E-state index in [4.69, 9.17) is 0 Å². The Morgan fingerprint density at radius 2 is 1.81 bits per heavy atom. The minimum Gasteiger partial charge on any atom is -0.0984 e. The molecule has 0 radical (unpaired) electrons. The molecule has 0 N–H and O–H groups in total. The van der Waals surface area contributed by atoms with Crippen LogP contribution in [0.5, 0.6) is 0 Å². The van der Waals surface area contributed by atoms with E-state index in [1.807, 2.05) is 6.08 Å². The monoisotopic (exact) mass is 212 g/mol. The Morgan fingerprint density at radius 3 is 2.31 bits per heavy atom. The maximum atomic E-state index is 3.93. The number of allylic oxidation sites excluding steroid dienone is 5. The maximum absolute atomic E-state index is 3.93. The fraction of sp³-hybridized carbons (Fsp3) is 0.250. The first-order valence-electron chi connectivity index (χ1n) is 5.64. The second kappa shape index (κ2) is 5.50. The number of benzene rings is 1. The normalized spacial score (nSPS) is 13.4. The minimum atomic E-state index is 1.23. The van der Waals surface area contributed by atoms with Crippen molar-refractivity contribution in [3.63, 3.8) is 0 Å². The standard InChI is InChI=1S/C16H20/c1-6-12(3)14(5)15(7-2)16-11-9-8-10-13(16)4/h6-11H,2H2,1,3-5H3/b12-6-,15-14+. The lowest BCUT2D eigenvalue weighted by atomic mass is 9.93. The number of hydrogen-bond donors (Lipinski definition) is 0. The zero-order valence-electron chi connectivity index (χ0n) is 10.7. The third-order valence-electron chi connectivity index (χ3n) is 3.07. The number of hydrogen-bond acceptors (Lipinski definition) is 0. The summed E-state index contributed by atoms with van der Waals surface area (Å²) < 4.78 is 0. The third kappa shape index (κ3) is 2.52. The third-order valence-corrected chi connectivity index (χ3v) is 3.07. The van der Waals surface area contributed by atoms with Crippen LogP contribution in [0, 0.1) is 6.92 Å². The maximum Gasteiger partial charge on any atom is -0.0152 e. The van der Waals surface area contributed by atoms with Crippen molar-refractivity contribution >= 4 is 5.57 Å². The van der Waals surface area contributed by atoms with Crippen LogP contribution in [-0.2, 0) is 0 Å². The molecule has 0 saturated heterocycles. The molecule has 1 aromatic carbocycles. The topological polar surface area (TPSA) is 0 Å². The smallest absolute Gasteiger partial charge is 0.0152 e. The van der Waals surface area contributed by atoms with Crippen molar-refractivity contribution in [2.45, 2.75) is 27.7 Å². The molecular formula is C16H20. The van der Waals surface area contributed by atoms with Gasteiger partial charge in [0, 0.05) is 0 Å². The molecule has 16 heavy (non-hydrogen) atoms. The Bertz CT molecular complexity index is 445. The van der Waals surface area contributed by atoms with Crippen molar-refractivity contribution in [3.8, 4) is 0 Å². The van der Waals surface area contributed by atoms with Crippen LogP contribution in [-0.4, -0.2) is 0 Å². The van der Waals surface area contributed by atoms with Gasteiger partial charge in [-0.15, -0.1) is 0 Å². The highest BCUT2D eigenvalue weighted by molar-refractivity contribution is 5.80. The highest BCUT2D eigenvalue weighted by atomic mass is 14.1. The van der Waals surface area contributed by atoms with Gasteiger partial charge >= 0.3 is 0 Å². The van der Waals surface area contributed by atoms with Gasteiger partial charge in [-0.1, -0.05) is 48.6 Å². The van der Waals surface area contributed by atoms with E-state index in [0.29, 0.717) is 0 Å². The molecule has 0 bridgehead atoms. The molecule has 0 fully saturated rings. The molecule has 0 aliphatic carbocycles. The van der Waals surface area contributed by atoms with Crippen LogP contribution in [0.4, 0.5) is 0 Å². The van der Waals surface area contributed by atoms with Gasteiger partial charge in [-0.05, 0) is 50.0 Å². The number of rotatable bonds is 3. The molecule has 0 aliphatic rings. The summed E-state index contributed by atoms with van der Waals surface area (Å²) in [5, 5.41) is 0. The van der Waals surface area contributed by atoms with Gasteiger partial charge in [0.2, 0.25) is 0 Å². The summed E-state index contributed by atoms with van der Waals surface area (Å²) in [6.07, 6.45) is 4.09. The fourth-order valence-electron chi connectivity index (χ4n) is 1.77. The van der Waals surface area contributed by atoms with Gasteiger partial charge < -0.3 is 0 Å². The molecule has 0 heterocycles. The van der Waals surface area contributed by atoms with Crippen LogP contribution in [0.2, 0.25) is 0 Å². The van der Waals surface area contributed by atoms with Gasteiger partial charge in [-0.2, -0.15) is 0 Å². The predicted molar refractivity (Wildman–Crippen MR) is 73.4 cm³/mol. The Labute approximate surface area is 99.0 Å². The molecule has 0 aliphatic heterocycles. The summed E-state index contributed by atoms with van der Waals surface area (Å²) in [5.41, 5.74) is 6.40. The summed E-state index contributed by atoms with van der Waals surface area (Å²) in [4.78, 5) is 0. The molecule has 0 unspecified atom stereocenters. The lowest BCUT2D eigenvalue weighted by molar-refractivity contribution is 1.32. The largest absolute Gasteiger partial charge is 0.0984 e. The summed E-state index contributed by atoms with van der Waals surface area (Å²) in [6, 6.07) is 8.43. The fourth-order valence-corrected chi connectivity index (χ4v) is 1.77. The molecule has 0 amide bonds. The van der Waals surface area contributed by atoms with Gasteiger partial charge in [-0.25, -0.2) is 0 Å². The predicted octanol–water partition coefficient (Wildman–Crippen LogP) is 4.92. The van der Waals surface area contributed by atoms with Crippen molar-refractivity contribution < 1.29 is 0 Å². The molecular weight excluding hydrogens is 192 g/mol. The van der Waals surface area contributed by atoms with Crippen molar-refractivity contribution in [2.75, 3.05) is 0 Å². The average molecular weight is 212 g/mol. The highest BCUT2D eigenvalue weighted by Crippen LogP contribution is 2.26. The van der Waals surface area contributed by atoms with Crippen LogP contribution >= 0.6 is 0 Å². The van der Waals surface area contributed by atoms with Gasteiger partial charge in [0.15, 0.2) is 0 Å². The second-order valence-electron chi connectivity index (χ2n) is 4.03. The summed E-state index contributed by atoms with van der Waals surface area (Å²) >= 11 is 0. The Kier molecular flexibility index (Phi) is 4.30. The molecule has 1 rings (SSSR count). The van der Waals surface area contributed by atoms with E-state index in [-0.39, 0.29) is 0 Å². The summed E-state index contributed by atoms with van der Waals surface area (Å²) in [5.74, 6) is 0. The average Bonchev–Trinajstić information content (AvgIpc) is 2.31. The molecule has 84 valence electrons. The van der Waals surface area contributed by atoms with Gasteiger partial charge in [0.05, 0.1) is 0 Å². The van der Waals surface area contributed by atoms with Crippen LogP contribution < -0.4 is 0 Å². The van der Waals surface area contributed by atoms with Crippen molar-refractivity contribution in [1.82, 2.24) is 0 Å². The molecule has 0 spiro atoms. The molecule has 0 nitrogen and oxygen atoms in total. The van der Waals surface area contributed by atoms with Crippen LogP contribution in [0.25, 0.3) is 5.57 Å². The van der Waals surface area contributed by atoms with E-state index in [1.54, 1.807) is 0 Å². The first kappa shape index (κ1) is 12.5. The second-order valence-corrected chi connectivity index (χ2v) is 4.03. The van der Waals surface area contributed by atoms with E-state index in [2.05, 4.69) is 64.6 Å². The summed E-state index contributed by atoms with van der Waals surface area (Å²) in [7, 11) is 0. The Morgan fingerprint density at radius 1 is 1.19 bits per heavy atom. The molecule has 1 aromatic rings. The highest BCUT2D eigenvalue weighted by Gasteiger charge is 2.05. The lowest BCUT2D eigenvalue weighted by Crippen LogP contribution is -1.91. The molecule has 0 aromatic heterocycles. The van der Waals surface area contributed by atoms with Crippen LogP contribution in [0.3, 0.4) is 0 Å². The molecule has 0 saturated carbocycles. The SMILES string of the molecule is C=C/C(=C(C)\C(C)=C/C)c1ccccc1C. The molecule has 0 heteroatoms. The van der Waals surface area contributed by atoms with Crippen molar-refractivity contribution in [2.24, 2.45) is 0 Å². The van der Waals surface area contributed by atoms with Crippen LogP contribution in [0.1, 0.15) is 31.9 Å². The zero-order valence-corrected chi connectivity index (χ0v) is 10.7. The molecule has 0 atom stereocenters. The van der Waals surface area contributed by atoms with E-state index < -0.39 is 0 Å². The van der Waals surface area contributed by atoms with Crippen molar-refractivity contribution in [1.29, 1.82) is 0 Å². The van der Waals surface area contributed by atoms with E-state index in [1.165, 1.54) is 27.8 Å². The quantitative estimate of drug-likeness (QED) is 0.624. The van der Waals surface area contributed by atoms with E-state index in [9.17, 15) is 0 Å². The summed E-state index contributed by atoms with van der Waals surface area (Å²) in [6.45, 7) is 12.4. The minimum absolute atomic E-state index is 1.23. The first-order chi connectivity index (χ1) is 7.61. The number of aryl methyl sites for hydroxylation is 1. The van der Waals surface area contributed by atoms with E-state index >= 15 is 0 Å². The van der Waals surface area contributed by atoms with E-state index in [0.717, 1.165) is 0 Å². The zero-order chi connectivity index (χ0) is 12.1. The first-order valence-corrected chi connectivity index (χ1v) is 5.64. The van der Waals surface area contributed by atoms with Gasteiger partial charge in [0.1, 0.15) is 0 Å². The van der Waals surface area contributed by atoms with Crippen molar-refractivity contribution in [3.05, 3.63) is 65.3 Å². The van der Waals surface area contributed by atoms with Gasteiger partial charge in [0.25, 0.3) is 0 Å². The van der Waals surface area contributed by atoms with Crippen LogP contribution in [0.15, 0.2) is 54.1 Å². The lowest BCUT2D eigenvalue weighted by Gasteiger charge is -2.11.